The van der Waals surface area contributed by atoms with Crippen LogP contribution in [0.3, 0.4) is 0 Å². The van der Waals surface area contributed by atoms with Crippen molar-refractivity contribution in [2.45, 2.75) is 12.5 Å². The van der Waals surface area contributed by atoms with Crippen molar-refractivity contribution >= 4 is 34.5 Å². The van der Waals surface area contributed by atoms with Crippen molar-refractivity contribution < 1.29 is 0 Å². The van der Waals surface area contributed by atoms with Crippen LogP contribution in [0.2, 0.25) is 10.0 Å². The molecule has 0 amide bonds. The zero-order chi connectivity index (χ0) is 11.5. The van der Waals surface area contributed by atoms with Crippen LogP contribution >= 0.6 is 34.5 Å². The van der Waals surface area contributed by atoms with E-state index in [9.17, 15) is 0 Å². The lowest BCUT2D eigenvalue weighted by Gasteiger charge is -2.11. The summed E-state index contributed by atoms with van der Waals surface area (Å²) in [6.07, 6.45) is 0.708. The summed E-state index contributed by atoms with van der Waals surface area (Å²) in [5.41, 5.74) is 7.09. The summed E-state index contributed by atoms with van der Waals surface area (Å²) in [5.74, 6) is 0. The number of hydrogen-bond acceptors (Lipinski definition) is 2. The fourth-order valence-electron chi connectivity index (χ4n) is 1.55. The van der Waals surface area contributed by atoms with Gasteiger partial charge in [0.15, 0.2) is 0 Å². The maximum Gasteiger partial charge on any atom is 0.0624 e. The van der Waals surface area contributed by atoms with Crippen molar-refractivity contribution in [1.29, 1.82) is 0 Å². The molecule has 16 heavy (non-hydrogen) atoms. The van der Waals surface area contributed by atoms with Crippen LogP contribution in [0.4, 0.5) is 0 Å². The number of rotatable bonds is 3. The van der Waals surface area contributed by atoms with E-state index in [2.05, 4.69) is 0 Å². The molecule has 1 heterocycles. The maximum absolute atomic E-state index is 6.11. The number of hydrogen-bond donors (Lipinski definition) is 1. The molecule has 1 aromatic carbocycles. The molecule has 0 radical (unpaired) electrons. The maximum atomic E-state index is 6.11. The first-order chi connectivity index (χ1) is 7.68. The van der Waals surface area contributed by atoms with E-state index in [0.29, 0.717) is 16.5 Å². The quantitative estimate of drug-likeness (QED) is 0.885. The molecule has 0 spiro atoms. The smallest absolute Gasteiger partial charge is 0.0624 e. The normalized spacial score (nSPS) is 12.7. The van der Waals surface area contributed by atoms with E-state index in [0.717, 1.165) is 10.4 Å². The number of thiophene rings is 1. The van der Waals surface area contributed by atoms with Crippen molar-refractivity contribution in [3.8, 4) is 0 Å². The van der Waals surface area contributed by atoms with Crippen LogP contribution in [0.15, 0.2) is 35.7 Å². The SMILES string of the molecule is NC(Cc1cccc(Cl)c1Cl)c1cccs1. The van der Waals surface area contributed by atoms with Gasteiger partial charge in [-0.2, -0.15) is 0 Å². The minimum absolute atomic E-state index is 0.0176. The van der Waals surface area contributed by atoms with Crippen LogP contribution in [-0.2, 0) is 6.42 Å². The Morgan fingerprint density at radius 1 is 1.19 bits per heavy atom. The molecule has 1 aromatic heterocycles. The molecule has 0 aliphatic rings. The molecule has 0 fully saturated rings. The summed E-state index contributed by atoms with van der Waals surface area (Å²) in [5, 5.41) is 3.21. The van der Waals surface area contributed by atoms with Crippen molar-refractivity contribution in [2.75, 3.05) is 0 Å². The van der Waals surface area contributed by atoms with E-state index in [1.54, 1.807) is 17.4 Å². The molecule has 0 saturated heterocycles. The van der Waals surface area contributed by atoms with Crippen molar-refractivity contribution in [3.63, 3.8) is 0 Å². The van der Waals surface area contributed by atoms with Gasteiger partial charge in [-0.05, 0) is 29.5 Å². The Kier molecular flexibility index (Phi) is 3.87. The van der Waals surface area contributed by atoms with Crippen molar-refractivity contribution in [3.05, 3.63) is 56.2 Å². The molecule has 1 atom stereocenters. The fraction of sp³-hybridized carbons (Fsp3) is 0.167. The third-order valence-electron chi connectivity index (χ3n) is 2.38. The van der Waals surface area contributed by atoms with Gasteiger partial charge >= 0.3 is 0 Å². The molecule has 2 N–H and O–H groups in total. The van der Waals surface area contributed by atoms with E-state index >= 15 is 0 Å². The standard InChI is InChI=1S/C12H11Cl2NS/c13-9-4-1-3-8(12(9)14)7-10(15)11-5-2-6-16-11/h1-6,10H,7,15H2. The first kappa shape index (κ1) is 11.9. The number of nitrogens with two attached hydrogens (primary N) is 1. The molecule has 1 nitrogen and oxygen atoms in total. The molecule has 0 aliphatic heterocycles. The second-order valence-corrected chi connectivity index (χ2v) is 5.30. The lowest BCUT2D eigenvalue weighted by atomic mass is 10.1. The Balaban J connectivity index is 2.18. The van der Waals surface area contributed by atoms with Gasteiger partial charge in [0.1, 0.15) is 0 Å². The predicted molar refractivity (Wildman–Crippen MR) is 71.4 cm³/mol. The fourth-order valence-corrected chi connectivity index (χ4v) is 2.67. The second-order valence-electron chi connectivity index (χ2n) is 3.54. The molecular weight excluding hydrogens is 261 g/mol. The van der Waals surface area contributed by atoms with E-state index in [-0.39, 0.29) is 6.04 Å². The summed E-state index contributed by atoms with van der Waals surface area (Å²) in [6.45, 7) is 0. The second kappa shape index (κ2) is 5.19. The largest absolute Gasteiger partial charge is 0.323 e. The Morgan fingerprint density at radius 2 is 2.00 bits per heavy atom. The molecule has 0 aliphatic carbocycles. The van der Waals surface area contributed by atoms with Gasteiger partial charge in [-0.15, -0.1) is 11.3 Å². The van der Waals surface area contributed by atoms with Crippen molar-refractivity contribution in [2.24, 2.45) is 5.73 Å². The van der Waals surface area contributed by atoms with Gasteiger partial charge in [-0.25, -0.2) is 0 Å². The first-order valence-electron chi connectivity index (χ1n) is 4.90. The van der Waals surface area contributed by atoms with Crippen molar-refractivity contribution in [1.82, 2.24) is 0 Å². The topological polar surface area (TPSA) is 26.0 Å². The van der Waals surface area contributed by atoms with Crippen LogP contribution in [-0.4, -0.2) is 0 Å². The lowest BCUT2D eigenvalue weighted by molar-refractivity contribution is 0.737. The van der Waals surface area contributed by atoms with Crippen LogP contribution in [0.5, 0.6) is 0 Å². The van der Waals surface area contributed by atoms with Crippen LogP contribution < -0.4 is 5.73 Å². The lowest BCUT2D eigenvalue weighted by Crippen LogP contribution is -2.12. The van der Waals surface area contributed by atoms with Gasteiger partial charge in [0.05, 0.1) is 10.0 Å². The molecule has 2 aromatic rings. The zero-order valence-corrected chi connectivity index (χ0v) is 10.8. The van der Waals surface area contributed by atoms with Crippen LogP contribution in [0.25, 0.3) is 0 Å². The molecule has 0 bridgehead atoms. The van der Waals surface area contributed by atoms with Gasteiger partial charge in [-0.1, -0.05) is 41.4 Å². The van der Waals surface area contributed by atoms with Gasteiger partial charge in [0.2, 0.25) is 0 Å². The highest BCUT2D eigenvalue weighted by Gasteiger charge is 2.11. The Bertz CT molecular complexity index is 468. The summed E-state index contributed by atoms with van der Waals surface area (Å²) in [6, 6.07) is 9.65. The first-order valence-corrected chi connectivity index (χ1v) is 6.54. The number of benzene rings is 1. The van der Waals surface area contributed by atoms with Crippen LogP contribution in [0, 0.1) is 0 Å². The molecule has 4 heteroatoms. The summed E-state index contributed by atoms with van der Waals surface area (Å²) in [4.78, 5) is 1.16. The number of halogens is 2. The monoisotopic (exact) mass is 271 g/mol. The Morgan fingerprint density at radius 3 is 2.69 bits per heavy atom. The minimum Gasteiger partial charge on any atom is -0.323 e. The van der Waals surface area contributed by atoms with E-state index < -0.39 is 0 Å². The van der Waals surface area contributed by atoms with Gasteiger partial charge in [-0.3, -0.25) is 0 Å². The minimum atomic E-state index is -0.0176. The molecule has 84 valence electrons. The highest BCUT2D eigenvalue weighted by Crippen LogP contribution is 2.29. The molecule has 2 rings (SSSR count). The van der Waals surface area contributed by atoms with E-state index in [1.807, 2.05) is 29.6 Å². The molecule has 0 saturated carbocycles. The molecular formula is C12H11Cl2NS. The van der Waals surface area contributed by atoms with Gasteiger partial charge < -0.3 is 5.73 Å². The summed E-state index contributed by atoms with van der Waals surface area (Å²) in [7, 11) is 0. The summed E-state index contributed by atoms with van der Waals surface area (Å²) >= 11 is 13.7. The highest BCUT2D eigenvalue weighted by molar-refractivity contribution is 7.10. The van der Waals surface area contributed by atoms with Crippen LogP contribution in [0.1, 0.15) is 16.5 Å². The highest BCUT2D eigenvalue weighted by atomic mass is 35.5. The Hall–Kier alpha value is -0.540. The molecule has 1 unspecified atom stereocenters. The van der Waals surface area contributed by atoms with E-state index in [4.69, 9.17) is 28.9 Å². The van der Waals surface area contributed by atoms with Gasteiger partial charge in [0.25, 0.3) is 0 Å². The average molecular weight is 272 g/mol. The average Bonchev–Trinajstić information content (AvgIpc) is 2.78. The van der Waals surface area contributed by atoms with E-state index in [1.165, 1.54) is 0 Å². The Labute approximate surface area is 109 Å². The zero-order valence-electron chi connectivity index (χ0n) is 8.49. The third kappa shape index (κ3) is 2.58. The summed E-state index contributed by atoms with van der Waals surface area (Å²) < 4.78 is 0. The van der Waals surface area contributed by atoms with Gasteiger partial charge in [0, 0.05) is 10.9 Å². The predicted octanol–water partition coefficient (Wildman–Crippen LogP) is 4.30. The third-order valence-corrected chi connectivity index (χ3v) is 4.24.